The van der Waals surface area contributed by atoms with E-state index >= 15 is 0 Å². The molecule has 0 aliphatic heterocycles. The normalized spacial score (nSPS) is 10.9. The minimum absolute atomic E-state index is 0.179. The summed E-state index contributed by atoms with van der Waals surface area (Å²) >= 11 is 1.57. The van der Waals surface area contributed by atoms with E-state index in [1.807, 2.05) is 49.4 Å². The molecule has 0 aliphatic carbocycles. The summed E-state index contributed by atoms with van der Waals surface area (Å²) in [6.45, 7) is 2.13. The molecule has 0 saturated carbocycles. The van der Waals surface area contributed by atoms with Gasteiger partial charge < -0.3 is 9.84 Å². The van der Waals surface area contributed by atoms with Crippen LogP contribution in [-0.4, -0.2) is 21.0 Å². The van der Waals surface area contributed by atoms with Crippen LogP contribution < -0.4 is 5.32 Å². The number of amides is 1. The monoisotopic (exact) mass is 350 g/mol. The molecule has 6 nitrogen and oxygen atoms in total. The standard InChI is InChI=1S/C18H14N4O2S/c1-11-20-14-8-7-13(9-15(14)25-11)18(23)19-10-16-21-17(22-24-16)12-5-3-2-4-6-12/h2-9H,10H2,1H3,(H,19,23). The second-order valence-corrected chi connectivity index (χ2v) is 6.71. The molecular formula is C18H14N4O2S. The highest BCUT2D eigenvalue weighted by Gasteiger charge is 2.12. The van der Waals surface area contributed by atoms with E-state index in [1.54, 1.807) is 17.4 Å². The number of thiazole rings is 1. The van der Waals surface area contributed by atoms with Crippen LogP contribution in [0.2, 0.25) is 0 Å². The third-order valence-corrected chi connectivity index (χ3v) is 4.59. The van der Waals surface area contributed by atoms with Crippen LogP contribution in [0, 0.1) is 6.92 Å². The molecule has 124 valence electrons. The maximum Gasteiger partial charge on any atom is 0.251 e. The van der Waals surface area contributed by atoms with Crippen molar-refractivity contribution < 1.29 is 9.32 Å². The summed E-state index contributed by atoms with van der Waals surface area (Å²) in [6, 6.07) is 15.0. The summed E-state index contributed by atoms with van der Waals surface area (Å²) in [5, 5.41) is 7.72. The number of rotatable bonds is 4. The number of aryl methyl sites for hydroxylation is 1. The Morgan fingerprint density at radius 2 is 2.00 bits per heavy atom. The highest BCUT2D eigenvalue weighted by Crippen LogP contribution is 2.22. The molecule has 2 heterocycles. The molecule has 0 bridgehead atoms. The van der Waals surface area contributed by atoms with Crippen molar-refractivity contribution in [1.29, 1.82) is 0 Å². The number of aromatic nitrogens is 3. The molecule has 1 amide bonds. The van der Waals surface area contributed by atoms with E-state index in [0.717, 1.165) is 20.8 Å². The van der Waals surface area contributed by atoms with Crippen molar-refractivity contribution in [2.75, 3.05) is 0 Å². The van der Waals surface area contributed by atoms with Gasteiger partial charge in [0.25, 0.3) is 5.91 Å². The Hall–Kier alpha value is -3.06. The van der Waals surface area contributed by atoms with Crippen molar-refractivity contribution in [1.82, 2.24) is 20.4 Å². The Labute approximate surface area is 147 Å². The number of hydrogen-bond donors (Lipinski definition) is 1. The fourth-order valence-electron chi connectivity index (χ4n) is 2.47. The lowest BCUT2D eigenvalue weighted by atomic mass is 10.2. The number of fused-ring (bicyclic) bond motifs is 1. The maximum absolute atomic E-state index is 12.3. The zero-order chi connectivity index (χ0) is 17.2. The second kappa shape index (κ2) is 6.45. The van der Waals surface area contributed by atoms with E-state index in [9.17, 15) is 4.79 Å². The Kier molecular flexibility index (Phi) is 3.99. The molecule has 2 aromatic carbocycles. The van der Waals surface area contributed by atoms with Crippen molar-refractivity contribution >= 4 is 27.5 Å². The highest BCUT2D eigenvalue weighted by molar-refractivity contribution is 7.18. The Bertz CT molecular complexity index is 1040. The molecule has 2 aromatic heterocycles. The molecule has 0 aliphatic rings. The molecule has 0 radical (unpaired) electrons. The van der Waals surface area contributed by atoms with Crippen molar-refractivity contribution in [2.45, 2.75) is 13.5 Å². The first-order valence-electron chi connectivity index (χ1n) is 7.72. The summed E-state index contributed by atoms with van der Waals surface area (Å²) in [6.07, 6.45) is 0. The molecule has 0 atom stereocenters. The van der Waals surface area contributed by atoms with Crippen LogP contribution in [0.5, 0.6) is 0 Å². The molecule has 4 rings (SSSR count). The van der Waals surface area contributed by atoms with Gasteiger partial charge in [0.2, 0.25) is 11.7 Å². The van der Waals surface area contributed by atoms with Gasteiger partial charge in [-0.15, -0.1) is 11.3 Å². The molecule has 0 fully saturated rings. The van der Waals surface area contributed by atoms with Crippen LogP contribution in [0.15, 0.2) is 53.1 Å². The predicted octanol–water partition coefficient (Wildman–Crippen LogP) is 3.58. The minimum Gasteiger partial charge on any atom is -0.343 e. The van der Waals surface area contributed by atoms with Crippen LogP contribution in [0.1, 0.15) is 21.3 Å². The molecule has 7 heteroatoms. The van der Waals surface area contributed by atoms with Gasteiger partial charge in [0.15, 0.2) is 0 Å². The van der Waals surface area contributed by atoms with E-state index in [2.05, 4.69) is 20.4 Å². The van der Waals surface area contributed by atoms with Crippen LogP contribution in [0.25, 0.3) is 21.6 Å². The molecule has 0 unspecified atom stereocenters. The van der Waals surface area contributed by atoms with E-state index in [-0.39, 0.29) is 12.5 Å². The van der Waals surface area contributed by atoms with Crippen molar-refractivity contribution in [3.63, 3.8) is 0 Å². The number of nitrogens with zero attached hydrogens (tertiary/aromatic N) is 3. The Morgan fingerprint density at radius 3 is 2.84 bits per heavy atom. The SMILES string of the molecule is Cc1nc2ccc(C(=O)NCc3nc(-c4ccccc4)no3)cc2s1. The van der Waals surface area contributed by atoms with Gasteiger partial charge in [-0.2, -0.15) is 4.98 Å². The summed E-state index contributed by atoms with van der Waals surface area (Å²) in [5.41, 5.74) is 2.36. The largest absolute Gasteiger partial charge is 0.343 e. The van der Waals surface area contributed by atoms with Gasteiger partial charge in [-0.1, -0.05) is 35.5 Å². The molecular weight excluding hydrogens is 336 g/mol. The third kappa shape index (κ3) is 3.27. The van der Waals surface area contributed by atoms with Gasteiger partial charge in [0.05, 0.1) is 21.8 Å². The molecule has 1 N–H and O–H groups in total. The van der Waals surface area contributed by atoms with Gasteiger partial charge in [0, 0.05) is 11.1 Å². The fourth-order valence-corrected chi connectivity index (χ4v) is 3.34. The van der Waals surface area contributed by atoms with Crippen molar-refractivity contribution in [3.8, 4) is 11.4 Å². The lowest BCUT2D eigenvalue weighted by Gasteiger charge is -2.02. The lowest BCUT2D eigenvalue weighted by molar-refractivity contribution is 0.0946. The summed E-state index contributed by atoms with van der Waals surface area (Å²) in [4.78, 5) is 21.0. The lowest BCUT2D eigenvalue weighted by Crippen LogP contribution is -2.22. The maximum atomic E-state index is 12.3. The Balaban J connectivity index is 1.45. The van der Waals surface area contributed by atoms with Crippen LogP contribution in [0.3, 0.4) is 0 Å². The van der Waals surface area contributed by atoms with Crippen molar-refractivity contribution in [2.24, 2.45) is 0 Å². The molecule has 0 spiro atoms. The first kappa shape index (κ1) is 15.5. The van der Waals surface area contributed by atoms with Crippen LogP contribution in [-0.2, 0) is 6.54 Å². The smallest absolute Gasteiger partial charge is 0.251 e. The number of hydrogen-bond acceptors (Lipinski definition) is 6. The van der Waals surface area contributed by atoms with E-state index in [4.69, 9.17) is 4.52 Å². The first-order valence-corrected chi connectivity index (χ1v) is 8.54. The number of nitrogens with one attached hydrogen (secondary N) is 1. The molecule has 4 aromatic rings. The van der Waals surface area contributed by atoms with Gasteiger partial charge in [0.1, 0.15) is 0 Å². The van der Waals surface area contributed by atoms with E-state index in [0.29, 0.717) is 17.3 Å². The second-order valence-electron chi connectivity index (χ2n) is 5.48. The quantitative estimate of drug-likeness (QED) is 0.608. The van der Waals surface area contributed by atoms with Crippen LogP contribution in [0.4, 0.5) is 0 Å². The predicted molar refractivity (Wildman–Crippen MR) is 95.3 cm³/mol. The molecule has 25 heavy (non-hydrogen) atoms. The van der Waals surface area contributed by atoms with Crippen LogP contribution >= 0.6 is 11.3 Å². The van der Waals surface area contributed by atoms with E-state index in [1.165, 1.54) is 0 Å². The average Bonchev–Trinajstić information content (AvgIpc) is 3.25. The first-order chi connectivity index (χ1) is 12.2. The number of carbonyl (C=O) groups excluding carboxylic acids is 1. The number of carbonyl (C=O) groups is 1. The van der Waals surface area contributed by atoms with Gasteiger partial charge in [-0.3, -0.25) is 4.79 Å². The van der Waals surface area contributed by atoms with Gasteiger partial charge in [-0.05, 0) is 25.1 Å². The van der Waals surface area contributed by atoms with Gasteiger partial charge in [-0.25, -0.2) is 4.98 Å². The topological polar surface area (TPSA) is 80.9 Å². The Morgan fingerprint density at radius 1 is 1.16 bits per heavy atom. The molecule has 0 saturated heterocycles. The van der Waals surface area contributed by atoms with Crippen molar-refractivity contribution in [3.05, 3.63) is 65.0 Å². The highest BCUT2D eigenvalue weighted by atomic mass is 32.1. The fraction of sp³-hybridized carbons (Fsp3) is 0.111. The number of benzene rings is 2. The average molecular weight is 350 g/mol. The summed E-state index contributed by atoms with van der Waals surface area (Å²) in [5.74, 6) is 0.681. The summed E-state index contributed by atoms with van der Waals surface area (Å²) in [7, 11) is 0. The third-order valence-electron chi connectivity index (χ3n) is 3.66. The summed E-state index contributed by atoms with van der Waals surface area (Å²) < 4.78 is 6.19. The minimum atomic E-state index is -0.188. The van der Waals surface area contributed by atoms with Gasteiger partial charge >= 0.3 is 0 Å². The van der Waals surface area contributed by atoms with E-state index < -0.39 is 0 Å². The zero-order valence-corrected chi connectivity index (χ0v) is 14.2. The zero-order valence-electron chi connectivity index (χ0n) is 13.4.